The number of ether oxygens (including phenoxy) is 1. The van der Waals surface area contributed by atoms with Crippen molar-refractivity contribution in [2.24, 2.45) is 0 Å². The molecule has 0 aliphatic carbocycles. The van der Waals surface area contributed by atoms with Crippen molar-refractivity contribution in [1.82, 2.24) is 5.32 Å². The Balaban J connectivity index is 1.95. The molecule has 2 atom stereocenters. The summed E-state index contributed by atoms with van der Waals surface area (Å²) in [5.74, 6) is 0.782. The number of halogens is 2. The summed E-state index contributed by atoms with van der Waals surface area (Å²) in [7, 11) is 0. The molecule has 1 aromatic rings. The van der Waals surface area contributed by atoms with Crippen molar-refractivity contribution in [2.45, 2.75) is 25.5 Å². The van der Waals surface area contributed by atoms with Crippen LogP contribution in [0.4, 0.5) is 0 Å². The molecule has 0 unspecified atom stereocenters. The number of hydrogen-bond donors (Lipinski definition) is 1. The van der Waals surface area contributed by atoms with Gasteiger partial charge in [0, 0.05) is 10.8 Å². The molecule has 0 bridgehead atoms. The maximum absolute atomic E-state index is 12.0. The molecule has 1 aliphatic rings. The maximum atomic E-state index is 12.0. The van der Waals surface area contributed by atoms with E-state index in [9.17, 15) is 9.59 Å². The second-order valence-electron chi connectivity index (χ2n) is 4.35. The summed E-state index contributed by atoms with van der Waals surface area (Å²) in [4.78, 5) is 23.4. The number of benzene rings is 1. The molecule has 1 amide bonds. The van der Waals surface area contributed by atoms with Gasteiger partial charge in [0.25, 0.3) is 5.91 Å². The number of carbonyl (C=O) groups is 2. The highest BCUT2D eigenvalue weighted by Crippen LogP contribution is 2.28. The first kappa shape index (κ1) is 15.5. The van der Waals surface area contributed by atoms with Gasteiger partial charge in [-0.05, 0) is 31.5 Å². The molecule has 1 saturated heterocycles. The topological polar surface area (TPSA) is 55.4 Å². The van der Waals surface area contributed by atoms with Gasteiger partial charge in [-0.2, -0.15) is 0 Å². The van der Waals surface area contributed by atoms with Crippen LogP contribution in [0.1, 0.15) is 13.3 Å². The van der Waals surface area contributed by atoms with E-state index < -0.39 is 12.1 Å². The van der Waals surface area contributed by atoms with Crippen LogP contribution in [0.15, 0.2) is 18.2 Å². The molecule has 0 aromatic heterocycles. The Kier molecular flexibility index (Phi) is 5.18. The average Bonchev–Trinajstić information content (AvgIpc) is 2.78. The highest BCUT2D eigenvalue weighted by molar-refractivity contribution is 8.14. The number of rotatable bonds is 4. The predicted molar refractivity (Wildman–Crippen MR) is 80.6 cm³/mol. The molecule has 0 spiro atoms. The van der Waals surface area contributed by atoms with Gasteiger partial charge in [-0.25, -0.2) is 0 Å². The molecular formula is C13H13Cl2NO3S. The van der Waals surface area contributed by atoms with Gasteiger partial charge < -0.3 is 10.1 Å². The maximum Gasteiger partial charge on any atom is 0.261 e. The van der Waals surface area contributed by atoms with E-state index >= 15 is 0 Å². The minimum absolute atomic E-state index is 0.00456. The van der Waals surface area contributed by atoms with Crippen molar-refractivity contribution in [2.75, 3.05) is 5.75 Å². The molecule has 1 aromatic carbocycles. The Morgan fingerprint density at radius 1 is 1.50 bits per heavy atom. The molecule has 1 fully saturated rings. The highest BCUT2D eigenvalue weighted by atomic mass is 35.5. The molecule has 1 aliphatic heterocycles. The van der Waals surface area contributed by atoms with E-state index in [1.807, 2.05) is 0 Å². The fourth-order valence-corrected chi connectivity index (χ4v) is 3.12. The van der Waals surface area contributed by atoms with Crippen molar-refractivity contribution >= 4 is 46.0 Å². The highest BCUT2D eigenvalue weighted by Gasteiger charge is 2.28. The van der Waals surface area contributed by atoms with Crippen LogP contribution in [-0.2, 0) is 9.59 Å². The second-order valence-corrected chi connectivity index (χ2v) is 6.30. The number of nitrogens with one attached hydrogen (secondary N) is 1. The van der Waals surface area contributed by atoms with Crippen molar-refractivity contribution < 1.29 is 14.3 Å². The van der Waals surface area contributed by atoms with Gasteiger partial charge in [-0.1, -0.05) is 35.0 Å². The van der Waals surface area contributed by atoms with Crippen molar-refractivity contribution in [3.8, 4) is 5.75 Å². The molecule has 2 rings (SSSR count). The van der Waals surface area contributed by atoms with Gasteiger partial charge in [0.2, 0.25) is 5.12 Å². The molecule has 1 N–H and O–H groups in total. The lowest BCUT2D eigenvalue weighted by molar-refractivity contribution is -0.129. The molecule has 1 heterocycles. The van der Waals surface area contributed by atoms with E-state index in [1.165, 1.54) is 11.8 Å². The molecule has 108 valence electrons. The fraction of sp³-hybridized carbons (Fsp3) is 0.385. The summed E-state index contributed by atoms with van der Waals surface area (Å²) in [6.07, 6.45) is -0.0870. The van der Waals surface area contributed by atoms with Gasteiger partial charge in [-0.3, -0.25) is 9.59 Å². The Labute approximate surface area is 131 Å². The zero-order valence-corrected chi connectivity index (χ0v) is 13.0. The van der Waals surface area contributed by atoms with E-state index in [0.29, 0.717) is 22.2 Å². The van der Waals surface area contributed by atoms with Gasteiger partial charge in [0.05, 0.1) is 11.1 Å². The molecular weight excluding hydrogens is 321 g/mol. The minimum Gasteiger partial charge on any atom is -0.479 e. The van der Waals surface area contributed by atoms with Crippen LogP contribution in [0.3, 0.4) is 0 Å². The third kappa shape index (κ3) is 3.81. The third-order valence-electron chi connectivity index (χ3n) is 2.82. The smallest absolute Gasteiger partial charge is 0.261 e. The third-order valence-corrected chi connectivity index (χ3v) is 4.36. The standard InChI is InChI=1S/C13H13Cl2NO3S/c1-7(12(17)16-10-4-5-20-13(10)18)19-11-3-2-8(14)6-9(11)15/h2-3,6-7,10H,4-5H2,1H3,(H,16,17)/t7-,10-/m0/s1. The van der Waals surface area contributed by atoms with Gasteiger partial charge in [0.1, 0.15) is 5.75 Å². The molecule has 7 heteroatoms. The van der Waals surface area contributed by atoms with Crippen LogP contribution in [0.25, 0.3) is 0 Å². The van der Waals surface area contributed by atoms with Crippen LogP contribution in [0.2, 0.25) is 10.0 Å². The van der Waals surface area contributed by atoms with E-state index in [1.54, 1.807) is 25.1 Å². The SMILES string of the molecule is C[C@H](Oc1ccc(Cl)cc1Cl)C(=O)N[C@H]1CCSC1=O. The van der Waals surface area contributed by atoms with E-state index in [2.05, 4.69) is 5.32 Å². The monoisotopic (exact) mass is 333 g/mol. The molecule has 0 radical (unpaired) electrons. The molecule has 0 saturated carbocycles. The lowest BCUT2D eigenvalue weighted by Crippen LogP contribution is -2.44. The van der Waals surface area contributed by atoms with Crippen LogP contribution >= 0.6 is 35.0 Å². The summed E-state index contributed by atoms with van der Waals surface area (Å²) in [5.41, 5.74) is 0. The summed E-state index contributed by atoms with van der Waals surface area (Å²) in [5, 5.41) is 3.50. The zero-order chi connectivity index (χ0) is 14.7. The van der Waals surface area contributed by atoms with Gasteiger partial charge >= 0.3 is 0 Å². The summed E-state index contributed by atoms with van der Waals surface area (Å²) in [6, 6.07) is 4.36. The summed E-state index contributed by atoms with van der Waals surface area (Å²) in [6.45, 7) is 1.60. The first-order valence-corrected chi connectivity index (χ1v) is 7.80. The number of hydrogen-bond acceptors (Lipinski definition) is 4. The van der Waals surface area contributed by atoms with Crippen molar-refractivity contribution in [3.05, 3.63) is 28.2 Å². The fourth-order valence-electron chi connectivity index (χ4n) is 1.73. The lowest BCUT2D eigenvalue weighted by atomic mass is 10.2. The van der Waals surface area contributed by atoms with E-state index in [0.717, 1.165) is 5.75 Å². The molecule has 4 nitrogen and oxygen atoms in total. The van der Waals surface area contributed by atoms with Crippen LogP contribution in [0.5, 0.6) is 5.75 Å². The Bertz CT molecular complexity index is 538. The normalized spacial score (nSPS) is 19.8. The predicted octanol–water partition coefficient (Wildman–Crippen LogP) is 2.91. The Morgan fingerprint density at radius 2 is 2.25 bits per heavy atom. The number of carbonyl (C=O) groups excluding carboxylic acids is 2. The first-order valence-electron chi connectivity index (χ1n) is 6.06. The van der Waals surface area contributed by atoms with Crippen molar-refractivity contribution in [3.63, 3.8) is 0 Å². The van der Waals surface area contributed by atoms with Gasteiger partial charge in [-0.15, -0.1) is 0 Å². The second kappa shape index (κ2) is 6.70. The summed E-state index contributed by atoms with van der Waals surface area (Å²) >= 11 is 13.0. The number of amides is 1. The van der Waals surface area contributed by atoms with Crippen LogP contribution in [0, 0.1) is 0 Å². The van der Waals surface area contributed by atoms with Gasteiger partial charge in [0.15, 0.2) is 6.10 Å². The number of thioether (sulfide) groups is 1. The van der Waals surface area contributed by atoms with Crippen molar-refractivity contribution in [1.29, 1.82) is 0 Å². The molecule has 20 heavy (non-hydrogen) atoms. The lowest BCUT2D eigenvalue weighted by Gasteiger charge is -2.17. The van der Waals surface area contributed by atoms with E-state index in [-0.39, 0.29) is 11.0 Å². The average molecular weight is 334 g/mol. The largest absolute Gasteiger partial charge is 0.479 e. The zero-order valence-electron chi connectivity index (χ0n) is 10.7. The summed E-state index contributed by atoms with van der Waals surface area (Å²) < 4.78 is 5.49. The minimum atomic E-state index is -0.743. The Morgan fingerprint density at radius 3 is 2.85 bits per heavy atom. The van der Waals surface area contributed by atoms with Crippen LogP contribution in [-0.4, -0.2) is 28.9 Å². The van der Waals surface area contributed by atoms with E-state index in [4.69, 9.17) is 27.9 Å². The quantitative estimate of drug-likeness (QED) is 0.920. The van der Waals surface area contributed by atoms with Crippen LogP contribution < -0.4 is 10.1 Å². The Hall–Kier alpha value is -0.910. The first-order chi connectivity index (χ1) is 9.47.